The standard InChI is InChI=1S/C15H26N2O/c1-2-3-4-5-6-7-8-9-15(18)10-12-17-13-11-16-14-17/h11,13-14H,2-10,12H2,1H3. The first-order chi connectivity index (χ1) is 8.83. The SMILES string of the molecule is CCCCCCCCCC(=O)CCn1ccnc1. The van der Waals surface area contributed by atoms with Crippen molar-refractivity contribution in [3.63, 3.8) is 0 Å². The molecule has 0 atom stereocenters. The molecule has 0 radical (unpaired) electrons. The predicted octanol–water partition coefficient (Wildman–Crippen LogP) is 3.98. The summed E-state index contributed by atoms with van der Waals surface area (Å²) in [5.41, 5.74) is 0. The first-order valence-electron chi connectivity index (χ1n) is 7.30. The van der Waals surface area contributed by atoms with Gasteiger partial charge in [-0.1, -0.05) is 45.4 Å². The van der Waals surface area contributed by atoms with Gasteiger partial charge in [0, 0.05) is 31.8 Å². The van der Waals surface area contributed by atoms with Crippen molar-refractivity contribution in [2.24, 2.45) is 0 Å². The number of rotatable bonds is 11. The Morgan fingerprint density at radius 3 is 2.44 bits per heavy atom. The van der Waals surface area contributed by atoms with Gasteiger partial charge in [0.25, 0.3) is 0 Å². The summed E-state index contributed by atoms with van der Waals surface area (Å²) in [4.78, 5) is 15.6. The second-order valence-electron chi connectivity index (χ2n) is 4.96. The van der Waals surface area contributed by atoms with Crippen LogP contribution in [0.15, 0.2) is 18.7 Å². The van der Waals surface area contributed by atoms with Crippen LogP contribution in [0.5, 0.6) is 0 Å². The number of hydrogen-bond donors (Lipinski definition) is 0. The van der Waals surface area contributed by atoms with Gasteiger partial charge in [0.1, 0.15) is 5.78 Å². The zero-order chi connectivity index (χ0) is 13.1. The second-order valence-corrected chi connectivity index (χ2v) is 4.96. The first kappa shape index (κ1) is 14.9. The Hall–Kier alpha value is -1.12. The van der Waals surface area contributed by atoms with E-state index in [0.717, 1.165) is 19.4 Å². The van der Waals surface area contributed by atoms with Crippen LogP contribution in [0.25, 0.3) is 0 Å². The Morgan fingerprint density at radius 2 is 1.78 bits per heavy atom. The van der Waals surface area contributed by atoms with Crippen LogP contribution in [0.4, 0.5) is 0 Å². The molecule has 0 saturated carbocycles. The smallest absolute Gasteiger partial charge is 0.134 e. The highest BCUT2D eigenvalue weighted by atomic mass is 16.1. The Balaban J connectivity index is 1.90. The number of nitrogens with zero attached hydrogens (tertiary/aromatic N) is 2. The van der Waals surface area contributed by atoms with E-state index in [2.05, 4.69) is 11.9 Å². The number of aromatic nitrogens is 2. The van der Waals surface area contributed by atoms with Gasteiger partial charge < -0.3 is 4.57 Å². The van der Waals surface area contributed by atoms with Crippen molar-refractivity contribution < 1.29 is 4.79 Å². The van der Waals surface area contributed by atoms with Gasteiger partial charge in [-0.3, -0.25) is 4.79 Å². The molecule has 0 aliphatic rings. The van der Waals surface area contributed by atoms with Crippen LogP contribution in [0.3, 0.4) is 0 Å². The fourth-order valence-corrected chi connectivity index (χ4v) is 2.08. The van der Waals surface area contributed by atoms with Gasteiger partial charge in [0.05, 0.1) is 6.33 Å². The molecular formula is C15H26N2O. The number of carbonyl (C=O) groups is 1. The number of ketones is 1. The molecule has 0 aliphatic carbocycles. The number of Topliss-reactive ketones (excluding diaryl/α,β-unsaturated/α-hetero) is 1. The maximum Gasteiger partial charge on any atom is 0.134 e. The molecule has 0 aliphatic heterocycles. The summed E-state index contributed by atoms with van der Waals surface area (Å²) in [5.74, 6) is 0.386. The Labute approximate surface area is 111 Å². The highest BCUT2D eigenvalue weighted by molar-refractivity contribution is 5.78. The zero-order valence-corrected chi connectivity index (χ0v) is 11.6. The van der Waals surface area contributed by atoms with Crippen LogP contribution in [0, 0.1) is 0 Å². The molecule has 1 heterocycles. The van der Waals surface area contributed by atoms with Crippen molar-refractivity contribution in [1.29, 1.82) is 0 Å². The second kappa shape index (κ2) is 9.86. The van der Waals surface area contributed by atoms with Crippen molar-refractivity contribution in [1.82, 2.24) is 9.55 Å². The topological polar surface area (TPSA) is 34.9 Å². The van der Waals surface area contributed by atoms with Crippen LogP contribution in [0.2, 0.25) is 0 Å². The van der Waals surface area contributed by atoms with E-state index in [1.807, 2.05) is 10.8 Å². The lowest BCUT2D eigenvalue weighted by molar-refractivity contribution is -0.119. The van der Waals surface area contributed by atoms with Crippen LogP contribution < -0.4 is 0 Å². The molecule has 1 aromatic heterocycles. The maximum atomic E-state index is 11.6. The Morgan fingerprint density at radius 1 is 1.06 bits per heavy atom. The number of carbonyl (C=O) groups excluding carboxylic acids is 1. The predicted molar refractivity (Wildman–Crippen MR) is 74.5 cm³/mol. The molecule has 0 unspecified atom stereocenters. The van der Waals surface area contributed by atoms with Crippen molar-refractivity contribution >= 4 is 5.78 Å². The third kappa shape index (κ3) is 7.25. The number of aryl methyl sites for hydroxylation is 1. The molecule has 0 aromatic carbocycles. The average Bonchev–Trinajstić information content (AvgIpc) is 2.88. The quantitative estimate of drug-likeness (QED) is 0.557. The fourth-order valence-electron chi connectivity index (χ4n) is 2.08. The third-order valence-corrected chi connectivity index (χ3v) is 3.27. The summed E-state index contributed by atoms with van der Waals surface area (Å²) in [6.45, 7) is 3.01. The largest absolute Gasteiger partial charge is 0.337 e. The number of unbranched alkanes of at least 4 members (excludes halogenated alkanes) is 6. The van der Waals surface area contributed by atoms with Crippen molar-refractivity contribution in [3.05, 3.63) is 18.7 Å². The van der Waals surface area contributed by atoms with Gasteiger partial charge in [0.2, 0.25) is 0 Å². The number of hydrogen-bond acceptors (Lipinski definition) is 2. The van der Waals surface area contributed by atoms with Gasteiger partial charge in [-0.05, 0) is 6.42 Å². The lowest BCUT2D eigenvalue weighted by Crippen LogP contribution is -2.04. The van der Waals surface area contributed by atoms with Crippen LogP contribution in [-0.2, 0) is 11.3 Å². The lowest BCUT2D eigenvalue weighted by Gasteiger charge is -2.03. The number of imidazole rings is 1. The van der Waals surface area contributed by atoms with Gasteiger partial charge in [-0.2, -0.15) is 0 Å². The molecule has 0 fully saturated rings. The van der Waals surface area contributed by atoms with E-state index in [4.69, 9.17) is 0 Å². The van der Waals surface area contributed by atoms with Crippen LogP contribution in [0.1, 0.15) is 64.7 Å². The van der Waals surface area contributed by atoms with E-state index < -0.39 is 0 Å². The lowest BCUT2D eigenvalue weighted by atomic mass is 10.1. The van der Waals surface area contributed by atoms with Crippen molar-refractivity contribution in [2.45, 2.75) is 71.3 Å². The molecule has 1 aromatic rings. The highest BCUT2D eigenvalue weighted by Crippen LogP contribution is 2.09. The Bertz CT molecular complexity index is 306. The minimum Gasteiger partial charge on any atom is -0.337 e. The Kier molecular flexibility index (Phi) is 8.19. The zero-order valence-electron chi connectivity index (χ0n) is 11.6. The summed E-state index contributed by atoms with van der Waals surface area (Å²) >= 11 is 0. The molecule has 102 valence electrons. The minimum atomic E-state index is 0.386. The van der Waals surface area contributed by atoms with Crippen LogP contribution in [-0.4, -0.2) is 15.3 Å². The fraction of sp³-hybridized carbons (Fsp3) is 0.733. The molecule has 0 amide bonds. The molecule has 0 N–H and O–H groups in total. The summed E-state index contributed by atoms with van der Waals surface area (Å²) in [5, 5.41) is 0. The highest BCUT2D eigenvalue weighted by Gasteiger charge is 2.02. The molecule has 0 spiro atoms. The summed E-state index contributed by atoms with van der Waals surface area (Å²) in [6.07, 6.45) is 15.7. The first-order valence-corrected chi connectivity index (χ1v) is 7.30. The molecule has 0 bridgehead atoms. The summed E-state index contributed by atoms with van der Waals surface area (Å²) < 4.78 is 1.96. The van der Waals surface area contributed by atoms with E-state index >= 15 is 0 Å². The normalized spacial score (nSPS) is 10.7. The molecule has 3 nitrogen and oxygen atoms in total. The average molecular weight is 250 g/mol. The summed E-state index contributed by atoms with van der Waals surface area (Å²) in [7, 11) is 0. The van der Waals surface area contributed by atoms with Gasteiger partial charge >= 0.3 is 0 Å². The van der Waals surface area contributed by atoms with Gasteiger partial charge in [-0.15, -0.1) is 0 Å². The molecule has 18 heavy (non-hydrogen) atoms. The van der Waals surface area contributed by atoms with E-state index in [0.29, 0.717) is 12.2 Å². The van der Waals surface area contributed by atoms with E-state index in [1.165, 1.54) is 38.5 Å². The molecule has 1 rings (SSSR count). The van der Waals surface area contributed by atoms with E-state index in [9.17, 15) is 4.79 Å². The van der Waals surface area contributed by atoms with E-state index in [-0.39, 0.29) is 0 Å². The molecule has 3 heteroatoms. The maximum absolute atomic E-state index is 11.6. The molecule has 0 saturated heterocycles. The van der Waals surface area contributed by atoms with Crippen molar-refractivity contribution in [2.75, 3.05) is 0 Å². The van der Waals surface area contributed by atoms with Crippen LogP contribution >= 0.6 is 0 Å². The summed E-state index contributed by atoms with van der Waals surface area (Å²) in [6, 6.07) is 0. The van der Waals surface area contributed by atoms with Gasteiger partial charge in [0.15, 0.2) is 0 Å². The van der Waals surface area contributed by atoms with Gasteiger partial charge in [-0.25, -0.2) is 4.98 Å². The monoisotopic (exact) mass is 250 g/mol. The minimum absolute atomic E-state index is 0.386. The van der Waals surface area contributed by atoms with E-state index in [1.54, 1.807) is 12.5 Å². The third-order valence-electron chi connectivity index (χ3n) is 3.27. The molecular weight excluding hydrogens is 224 g/mol. The van der Waals surface area contributed by atoms with Crippen molar-refractivity contribution in [3.8, 4) is 0 Å².